The van der Waals surface area contributed by atoms with E-state index < -0.39 is 0 Å². The van der Waals surface area contributed by atoms with E-state index in [4.69, 9.17) is 4.74 Å². The minimum absolute atomic E-state index is 0.469. The molecule has 2 aromatic carbocycles. The van der Waals surface area contributed by atoms with Crippen molar-refractivity contribution in [1.82, 2.24) is 5.32 Å². The first-order valence-corrected chi connectivity index (χ1v) is 7.74. The molecule has 0 bridgehead atoms. The average Bonchev–Trinajstić information content (AvgIpc) is 2.52. The second-order valence-corrected chi connectivity index (χ2v) is 5.87. The van der Waals surface area contributed by atoms with Crippen molar-refractivity contribution in [2.24, 2.45) is 0 Å². The van der Waals surface area contributed by atoms with Crippen LogP contribution >= 0.6 is 0 Å². The summed E-state index contributed by atoms with van der Waals surface area (Å²) in [5.74, 6) is 0.970. The SMILES string of the molecule is CNC1CCCc2ccc(OCc3cccc(C)c3)cc21. The summed E-state index contributed by atoms with van der Waals surface area (Å²) in [7, 11) is 2.04. The van der Waals surface area contributed by atoms with Crippen molar-refractivity contribution < 1.29 is 4.74 Å². The Morgan fingerprint density at radius 3 is 2.90 bits per heavy atom. The Kier molecular flexibility index (Phi) is 4.26. The van der Waals surface area contributed by atoms with Crippen LogP contribution in [0.1, 0.15) is 41.1 Å². The molecule has 0 aliphatic heterocycles. The molecule has 2 nitrogen and oxygen atoms in total. The third-order valence-corrected chi connectivity index (χ3v) is 4.27. The van der Waals surface area contributed by atoms with Crippen LogP contribution in [0, 0.1) is 6.92 Å². The summed E-state index contributed by atoms with van der Waals surface area (Å²) in [5, 5.41) is 3.41. The van der Waals surface area contributed by atoms with E-state index in [1.807, 2.05) is 7.05 Å². The summed E-state index contributed by atoms with van der Waals surface area (Å²) < 4.78 is 5.98. The molecule has 1 N–H and O–H groups in total. The van der Waals surface area contributed by atoms with E-state index in [0.29, 0.717) is 12.6 Å². The van der Waals surface area contributed by atoms with Crippen molar-refractivity contribution in [3.63, 3.8) is 0 Å². The molecule has 1 aliphatic carbocycles. The Morgan fingerprint density at radius 1 is 1.19 bits per heavy atom. The van der Waals surface area contributed by atoms with Crippen molar-refractivity contribution in [3.05, 3.63) is 64.7 Å². The van der Waals surface area contributed by atoms with Gasteiger partial charge in [-0.05, 0) is 62.1 Å². The van der Waals surface area contributed by atoms with Crippen LogP contribution in [0.3, 0.4) is 0 Å². The van der Waals surface area contributed by atoms with E-state index in [1.165, 1.54) is 41.5 Å². The van der Waals surface area contributed by atoms with Gasteiger partial charge in [0.2, 0.25) is 0 Å². The number of nitrogens with one attached hydrogen (secondary N) is 1. The monoisotopic (exact) mass is 281 g/mol. The quantitative estimate of drug-likeness (QED) is 0.908. The first kappa shape index (κ1) is 14.2. The van der Waals surface area contributed by atoms with Gasteiger partial charge in [-0.25, -0.2) is 0 Å². The number of fused-ring (bicyclic) bond motifs is 1. The molecule has 0 fully saturated rings. The molecule has 1 aliphatic rings. The fraction of sp³-hybridized carbons (Fsp3) is 0.368. The molecule has 2 heteroatoms. The summed E-state index contributed by atoms with van der Waals surface area (Å²) in [6.07, 6.45) is 3.67. The van der Waals surface area contributed by atoms with Gasteiger partial charge in [0, 0.05) is 6.04 Å². The van der Waals surface area contributed by atoms with Gasteiger partial charge in [-0.1, -0.05) is 35.9 Å². The van der Waals surface area contributed by atoms with Gasteiger partial charge in [-0.15, -0.1) is 0 Å². The lowest BCUT2D eigenvalue weighted by Crippen LogP contribution is -2.21. The van der Waals surface area contributed by atoms with Crippen molar-refractivity contribution >= 4 is 0 Å². The predicted octanol–water partition coefficient (Wildman–Crippen LogP) is 4.17. The number of aryl methyl sites for hydroxylation is 2. The summed E-state index contributed by atoms with van der Waals surface area (Å²) in [6, 6.07) is 15.5. The summed E-state index contributed by atoms with van der Waals surface area (Å²) >= 11 is 0. The van der Waals surface area contributed by atoms with Gasteiger partial charge in [0.25, 0.3) is 0 Å². The van der Waals surface area contributed by atoms with Gasteiger partial charge >= 0.3 is 0 Å². The third kappa shape index (κ3) is 3.27. The van der Waals surface area contributed by atoms with Crippen LogP contribution in [-0.4, -0.2) is 7.05 Å². The Bertz CT molecular complexity index is 621. The maximum absolute atomic E-state index is 5.98. The van der Waals surface area contributed by atoms with Crippen LogP contribution in [0.4, 0.5) is 0 Å². The van der Waals surface area contributed by atoms with Crippen molar-refractivity contribution in [2.45, 2.75) is 38.8 Å². The second kappa shape index (κ2) is 6.31. The molecule has 0 aromatic heterocycles. The molecule has 2 aromatic rings. The second-order valence-electron chi connectivity index (χ2n) is 5.87. The van der Waals surface area contributed by atoms with Crippen LogP contribution in [0.5, 0.6) is 5.75 Å². The number of hydrogen-bond acceptors (Lipinski definition) is 2. The molecule has 21 heavy (non-hydrogen) atoms. The molecule has 3 rings (SSSR count). The molecule has 0 radical (unpaired) electrons. The van der Waals surface area contributed by atoms with E-state index in [2.05, 4.69) is 54.7 Å². The minimum Gasteiger partial charge on any atom is -0.489 e. The molecular formula is C19H23NO. The van der Waals surface area contributed by atoms with Gasteiger partial charge in [0.1, 0.15) is 12.4 Å². The maximum Gasteiger partial charge on any atom is 0.120 e. The summed E-state index contributed by atoms with van der Waals surface area (Å²) in [4.78, 5) is 0. The third-order valence-electron chi connectivity index (χ3n) is 4.27. The van der Waals surface area contributed by atoms with E-state index in [9.17, 15) is 0 Å². The van der Waals surface area contributed by atoms with E-state index in [-0.39, 0.29) is 0 Å². The number of benzene rings is 2. The maximum atomic E-state index is 5.98. The lowest BCUT2D eigenvalue weighted by atomic mass is 9.87. The fourth-order valence-corrected chi connectivity index (χ4v) is 3.14. The molecule has 0 saturated carbocycles. The van der Waals surface area contributed by atoms with E-state index in [0.717, 1.165) is 5.75 Å². The van der Waals surface area contributed by atoms with Crippen LogP contribution < -0.4 is 10.1 Å². The van der Waals surface area contributed by atoms with Crippen molar-refractivity contribution in [2.75, 3.05) is 7.05 Å². The normalized spacial score (nSPS) is 17.3. The first-order chi connectivity index (χ1) is 10.3. The topological polar surface area (TPSA) is 21.3 Å². The summed E-state index contributed by atoms with van der Waals surface area (Å²) in [6.45, 7) is 2.74. The number of ether oxygens (including phenoxy) is 1. The zero-order valence-corrected chi connectivity index (χ0v) is 12.9. The van der Waals surface area contributed by atoms with Gasteiger partial charge in [-0.2, -0.15) is 0 Å². The Hall–Kier alpha value is -1.80. The van der Waals surface area contributed by atoms with Crippen molar-refractivity contribution in [1.29, 1.82) is 0 Å². The Labute approximate surface area is 127 Å². The van der Waals surface area contributed by atoms with Crippen LogP contribution in [-0.2, 0) is 13.0 Å². The summed E-state index contributed by atoms with van der Waals surface area (Å²) in [5.41, 5.74) is 5.36. The van der Waals surface area contributed by atoms with Crippen LogP contribution in [0.15, 0.2) is 42.5 Å². The highest BCUT2D eigenvalue weighted by molar-refractivity contribution is 5.39. The first-order valence-electron chi connectivity index (χ1n) is 7.74. The number of hydrogen-bond donors (Lipinski definition) is 1. The molecule has 0 saturated heterocycles. The molecule has 1 atom stereocenters. The average molecular weight is 281 g/mol. The van der Waals surface area contributed by atoms with E-state index >= 15 is 0 Å². The smallest absolute Gasteiger partial charge is 0.120 e. The highest BCUT2D eigenvalue weighted by Gasteiger charge is 2.19. The molecule has 0 spiro atoms. The van der Waals surface area contributed by atoms with Gasteiger partial charge in [0.15, 0.2) is 0 Å². The Balaban J connectivity index is 1.74. The van der Waals surface area contributed by atoms with Gasteiger partial charge in [-0.3, -0.25) is 0 Å². The lowest BCUT2D eigenvalue weighted by Gasteiger charge is -2.25. The predicted molar refractivity (Wildman–Crippen MR) is 86.7 cm³/mol. The number of rotatable bonds is 4. The molecule has 0 heterocycles. The largest absolute Gasteiger partial charge is 0.489 e. The molecule has 1 unspecified atom stereocenters. The molecule has 110 valence electrons. The zero-order valence-electron chi connectivity index (χ0n) is 12.9. The van der Waals surface area contributed by atoms with Crippen molar-refractivity contribution in [3.8, 4) is 5.75 Å². The Morgan fingerprint density at radius 2 is 2.10 bits per heavy atom. The standard InChI is InChI=1S/C19H23NO/c1-14-5-3-6-15(11-14)13-21-17-10-9-16-7-4-8-19(20-2)18(16)12-17/h3,5-6,9-12,19-20H,4,7-8,13H2,1-2H3. The van der Waals surface area contributed by atoms with Crippen LogP contribution in [0.2, 0.25) is 0 Å². The van der Waals surface area contributed by atoms with Gasteiger partial charge < -0.3 is 10.1 Å². The molecular weight excluding hydrogens is 258 g/mol. The zero-order chi connectivity index (χ0) is 14.7. The van der Waals surface area contributed by atoms with Gasteiger partial charge in [0.05, 0.1) is 0 Å². The van der Waals surface area contributed by atoms with E-state index in [1.54, 1.807) is 0 Å². The fourth-order valence-electron chi connectivity index (χ4n) is 3.14. The van der Waals surface area contributed by atoms with Crippen LogP contribution in [0.25, 0.3) is 0 Å². The minimum atomic E-state index is 0.469. The lowest BCUT2D eigenvalue weighted by molar-refractivity contribution is 0.305. The highest BCUT2D eigenvalue weighted by atomic mass is 16.5. The molecule has 0 amide bonds. The highest BCUT2D eigenvalue weighted by Crippen LogP contribution is 2.32.